The lowest BCUT2D eigenvalue weighted by Gasteiger charge is -2.34. The SMILES string of the molecule is Cc1ccc(OCCN2CCN(C(=O)c3cc(-c4ccccc4)n[nH]3)CC2)cc1. The van der Waals surface area contributed by atoms with Gasteiger partial charge in [0.05, 0.1) is 5.69 Å². The van der Waals surface area contributed by atoms with Crippen LogP contribution in [-0.4, -0.2) is 65.2 Å². The fourth-order valence-electron chi connectivity index (χ4n) is 3.46. The lowest BCUT2D eigenvalue weighted by atomic mass is 10.1. The lowest BCUT2D eigenvalue weighted by molar-refractivity contribution is 0.0614. The molecule has 0 spiro atoms. The number of ether oxygens (including phenoxy) is 1. The van der Waals surface area contributed by atoms with Gasteiger partial charge in [-0.05, 0) is 25.1 Å². The van der Waals surface area contributed by atoms with Gasteiger partial charge in [-0.3, -0.25) is 14.8 Å². The summed E-state index contributed by atoms with van der Waals surface area (Å²) in [6.07, 6.45) is 0. The van der Waals surface area contributed by atoms with E-state index >= 15 is 0 Å². The Morgan fingerprint density at radius 1 is 1.03 bits per heavy atom. The number of rotatable bonds is 6. The molecule has 1 aromatic heterocycles. The molecule has 4 rings (SSSR count). The zero-order chi connectivity index (χ0) is 20.1. The summed E-state index contributed by atoms with van der Waals surface area (Å²) >= 11 is 0. The number of carbonyl (C=O) groups excluding carboxylic acids is 1. The highest BCUT2D eigenvalue weighted by atomic mass is 16.5. The number of nitrogens with one attached hydrogen (secondary N) is 1. The minimum absolute atomic E-state index is 0.00948. The van der Waals surface area contributed by atoms with Gasteiger partial charge in [0.2, 0.25) is 0 Å². The van der Waals surface area contributed by atoms with E-state index in [9.17, 15) is 4.79 Å². The minimum atomic E-state index is 0.00948. The van der Waals surface area contributed by atoms with Gasteiger partial charge in [-0.25, -0.2) is 0 Å². The first-order valence-electron chi connectivity index (χ1n) is 10.0. The van der Waals surface area contributed by atoms with Gasteiger partial charge in [-0.15, -0.1) is 0 Å². The molecule has 1 aliphatic rings. The fraction of sp³-hybridized carbons (Fsp3) is 0.304. The largest absolute Gasteiger partial charge is 0.492 e. The van der Waals surface area contributed by atoms with E-state index in [1.807, 2.05) is 53.4 Å². The van der Waals surface area contributed by atoms with Crippen molar-refractivity contribution >= 4 is 5.91 Å². The number of nitrogens with zero attached hydrogens (tertiary/aromatic N) is 3. The predicted octanol–water partition coefficient (Wildman–Crippen LogP) is 3.22. The number of carbonyl (C=O) groups is 1. The van der Waals surface area contributed by atoms with Gasteiger partial charge in [0.1, 0.15) is 18.1 Å². The molecule has 1 N–H and O–H groups in total. The summed E-state index contributed by atoms with van der Waals surface area (Å²) in [5, 5.41) is 7.19. The van der Waals surface area contributed by atoms with E-state index in [0.29, 0.717) is 25.4 Å². The van der Waals surface area contributed by atoms with Crippen molar-refractivity contribution in [1.82, 2.24) is 20.0 Å². The first-order valence-corrected chi connectivity index (χ1v) is 10.0. The van der Waals surface area contributed by atoms with Crippen molar-refractivity contribution < 1.29 is 9.53 Å². The number of hydrogen-bond donors (Lipinski definition) is 1. The van der Waals surface area contributed by atoms with Crippen molar-refractivity contribution in [1.29, 1.82) is 0 Å². The molecular formula is C23H26N4O2. The number of aromatic nitrogens is 2. The molecule has 29 heavy (non-hydrogen) atoms. The molecule has 150 valence electrons. The quantitative estimate of drug-likeness (QED) is 0.702. The Morgan fingerprint density at radius 3 is 2.48 bits per heavy atom. The molecule has 6 heteroatoms. The maximum atomic E-state index is 12.8. The van der Waals surface area contributed by atoms with Crippen LogP contribution in [0.15, 0.2) is 60.7 Å². The highest BCUT2D eigenvalue weighted by Crippen LogP contribution is 2.18. The molecule has 1 saturated heterocycles. The van der Waals surface area contributed by atoms with Gasteiger partial charge in [-0.2, -0.15) is 5.10 Å². The molecule has 0 unspecified atom stereocenters. The fourth-order valence-corrected chi connectivity index (χ4v) is 3.46. The summed E-state index contributed by atoms with van der Waals surface area (Å²) in [4.78, 5) is 17.0. The maximum absolute atomic E-state index is 12.8. The van der Waals surface area contributed by atoms with Crippen LogP contribution in [0, 0.1) is 6.92 Å². The van der Waals surface area contributed by atoms with E-state index in [1.165, 1.54) is 5.56 Å². The molecule has 1 fully saturated rings. The molecule has 2 heterocycles. The second-order valence-corrected chi connectivity index (χ2v) is 7.33. The summed E-state index contributed by atoms with van der Waals surface area (Å²) in [5.41, 5.74) is 3.56. The molecule has 0 aliphatic carbocycles. The highest BCUT2D eigenvalue weighted by molar-refractivity contribution is 5.93. The molecule has 3 aromatic rings. The standard InChI is InChI=1S/C23H26N4O2/c1-18-7-9-20(10-8-18)29-16-15-26-11-13-27(14-12-26)23(28)22-17-21(24-25-22)19-5-3-2-4-6-19/h2-10,17H,11-16H2,1H3,(H,24,25). The van der Waals surface area contributed by atoms with E-state index in [1.54, 1.807) is 0 Å². The van der Waals surface area contributed by atoms with Crippen LogP contribution in [0.5, 0.6) is 5.75 Å². The van der Waals surface area contributed by atoms with Crippen LogP contribution in [0.3, 0.4) is 0 Å². The van der Waals surface area contributed by atoms with E-state index in [4.69, 9.17) is 4.74 Å². The van der Waals surface area contributed by atoms with Crippen molar-refractivity contribution in [3.8, 4) is 17.0 Å². The predicted molar refractivity (Wildman–Crippen MR) is 113 cm³/mol. The Bertz CT molecular complexity index is 929. The molecule has 0 saturated carbocycles. The molecule has 6 nitrogen and oxygen atoms in total. The summed E-state index contributed by atoms with van der Waals surface area (Å²) in [7, 11) is 0. The topological polar surface area (TPSA) is 61.5 Å². The van der Waals surface area contributed by atoms with Gasteiger partial charge in [-0.1, -0.05) is 48.0 Å². The first kappa shape index (κ1) is 19.2. The highest BCUT2D eigenvalue weighted by Gasteiger charge is 2.23. The van der Waals surface area contributed by atoms with Crippen LogP contribution >= 0.6 is 0 Å². The van der Waals surface area contributed by atoms with E-state index in [2.05, 4.69) is 34.2 Å². The summed E-state index contributed by atoms with van der Waals surface area (Å²) in [5.74, 6) is 0.910. The average molecular weight is 390 g/mol. The summed E-state index contributed by atoms with van der Waals surface area (Å²) in [6, 6.07) is 19.8. The van der Waals surface area contributed by atoms with Gasteiger partial charge in [0.25, 0.3) is 5.91 Å². The summed E-state index contributed by atoms with van der Waals surface area (Å²) < 4.78 is 5.82. The molecule has 1 amide bonds. The Kier molecular flexibility index (Phi) is 5.91. The maximum Gasteiger partial charge on any atom is 0.271 e. The minimum Gasteiger partial charge on any atom is -0.492 e. The van der Waals surface area contributed by atoms with Crippen LogP contribution in [0.2, 0.25) is 0 Å². The van der Waals surface area contributed by atoms with Gasteiger partial charge in [0.15, 0.2) is 0 Å². The van der Waals surface area contributed by atoms with Crippen LogP contribution in [0.1, 0.15) is 16.1 Å². The van der Waals surface area contributed by atoms with Crippen molar-refractivity contribution in [2.24, 2.45) is 0 Å². The first-order chi connectivity index (χ1) is 14.2. The van der Waals surface area contributed by atoms with Crippen molar-refractivity contribution in [2.45, 2.75) is 6.92 Å². The number of amides is 1. The van der Waals surface area contributed by atoms with Crippen molar-refractivity contribution in [3.63, 3.8) is 0 Å². The van der Waals surface area contributed by atoms with Gasteiger partial charge < -0.3 is 9.64 Å². The monoisotopic (exact) mass is 390 g/mol. The van der Waals surface area contributed by atoms with E-state index in [0.717, 1.165) is 36.6 Å². The van der Waals surface area contributed by atoms with Crippen molar-refractivity contribution in [3.05, 3.63) is 71.9 Å². The van der Waals surface area contributed by atoms with E-state index in [-0.39, 0.29) is 5.91 Å². The number of benzene rings is 2. The van der Waals surface area contributed by atoms with Gasteiger partial charge >= 0.3 is 0 Å². The Labute approximate surface area is 171 Å². The second kappa shape index (κ2) is 8.92. The van der Waals surface area contributed by atoms with Crippen LogP contribution in [-0.2, 0) is 0 Å². The Balaban J connectivity index is 1.24. The second-order valence-electron chi connectivity index (χ2n) is 7.33. The lowest BCUT2D eigenvalue weighted by Crippen LogP contribution is -2.49. The number of hydrogen-bond acceptors (Lipinski definition) is 4. The zero-order valence-electron chi connectivity index (χ0n) is 16.7. The number of aryl methyl sites for hydroxylation is 1. The molecule has 1 aliphatic heterocycles. The van der Waals surface area contributed by atoms with Gasteiger partial charge in [0, 0.05) is 38.3 Å². The normalized spacial score (nSPS) is 14.7. The number of piperazine rings is 1. The molecular weight excluding hydrogens is 364 g/mol. The van der Waals surface area contributed by atoms with Crippen LogP contribution in [0.4, 0.5) is 0 Å². The Hall–Kier alpha value is -3.12. The average Bonchev–Trinajstić information content (AvgIpc) is 3.26. The van der Waals surface area contributed by atoms with Crippen LogP contribution < -0.4 is 4.74 Å². The molecule has 0 bridgehead atoms. The van der Waals surface area contributed by atoms with E-state index < -0.39 is 0 Å². The third-order valence-electron chi connectivity index (χ3n) is 5.23. The number of H-pyrrole nitrogens is 1. The molecule has 0 atom stereocenters. The molecule has 2 aromatic carbocycles. The van der Waals surface area contributed by atoms with Crippen molar-refractivity contribution in [2.75, 3.05) is 39.3 Å². The Morgan fingerprint density at radius 2 is 1.76 bits per heavy atom. The van der Waals surface area contributed by atoms with Crippen LogP contribution in [0.25, 0.3) is 11.3 Å². The zero-order valence-corrected chi connectivity index (χ0v) is 16.7. The summed E-state index contributed by atoms with van der Waals surface area (Å²) in [6.45, 7) is 6.70. The molecule has 0 radical (unpaired) electrons. The third-order valence-corrected chi connectivity index (χ3v) is 5.23. The smallest absolute Gasteiger partial charge is 0.271 e. The number of aromatic amines is 1. The third kappa shape index (κ3) is 4.84.